The molecule has 0 heterocycles. The van der Waals surface area contributed by atoms with Crippen molar-refractivity contribution >= 4 is 0 Å². The molecular formula is C14H22FNO2. The predicted molar refractivity (Wildman–Crippen MR) is 70.5 cm³/mol. The Morgan fingerprint density at radius 3 is 2.44 bits per heavy atom. The number of hydrogen-bond donors (Lipinski definition) is 1. The molecule has 3 nitrogen and oxygen atoms in total. The number of halogens is 1. The van der Waals surface area contributed by atoms with Gasteiger partial charge >= 0.3 is 0 Å². The van der Waals surface area contributed by atoms with Crippen molar-refractivity contribution in [2.24, 2.45) is 0 Å². The monoisotopic (exact) mass is 255 g/mol. The summed E-state index contributed by atoms with van der Waals surface area (Å²) < 4.78 is 24.2. The van der Waals surface area contributed by atoms with Gasteiger partial charge < -0.3 is 14.8 Å². The van der Waals surface area contributed by atoms with Crippen LogP contribution in [0.25, 0.3) is 0 Å². The summed E-state index contributed by atoms with van der Waals surface area (Å²) in [4.78, 5) is 0. The van der Waals surface area contributed by atoms with Gasteiger partial charge in [-0.3, -0.25) is 0 Å². The Balaban J connectivity index is 3.13. The third-order valence-electron chi connectivity index (χ3n) is 3.58. The molecule has 1 aromatic carbocycles. The van der Waals surface area contributed by atoms with Crippen molar-refractivity contribution in [1.82, 2.24) is 5.32 Å². The molecule has 0 spiro atoms. The maximum absolute atomic E-state index is 13.7. The standard InChI is InChI=1S/C14H22FNO2/c1-6-14(2,18-5)13(16-3)10-7-8-12(17-4)11(15)9-10/h7-9,13,16H,6H2,1-5H3. The first-order valence-corrected chi connectivity index (χ1v) is 6.08. The summed E-state index contributed by atoms with van der Waals surface area (Å²) in [7, 11) is 4.98. The lowest BCUT2D eigenvalue weighted by molar-refractivity contribution is -0.0281. The third kappa shape index (κ3) is 2.82. The summed E-state index contributed by atoms with van der Waals surface area (Å²) in [6.45, 7) is 4.06. The zero-order valence-corrected chi connectivity index (χ0v) is 11.7. The van der Waals surface area contributed by atoms with Crippen LogP contribution in [0.15, 0.2) is 18.2 Å². The Morgan fingerprint density at radius 1 is 1.39 bits per heavy atom. The van der Waals surface area contributed by atoms with Crippen molar-refractivity contribution in [3.8, 4) is 5.75 Å². The van der Waals surface area contributed by atoms with Gasteiger partial charge in [0.05, 0.1) is 18.8 Å². The molecule has 0 aromatic heterocycles. The highest BCUT2D eigenvalue weighted by molar-refractivity contribution is 5.32. The van der Waals surface area contributed by atoms with Gasteiger partial charge in [-0.05, 0) is 38.1 Å². The minimum atomic E-state index is -0.379. The number of methoxy groups -OCH3 is 2. The van der Waals surface area contributed by atoms with E-state index in [0.29, 0.717) is 0 Å². The Labute approximate surface area is 108 Å². The normalized spacial score (nSPS) is 16.1. The minimum absolute atomic E-state index is 0.0760. The molecule has 0 saturated carbocycles. The number of hydrogen-bond acceptors (Lipinski definition) is 3. The average molecular weight is 255 g/mol. The second-order valence-electron chi connectivity index (χ2n) is 4.49. The minimum Gasteiger partial charge on any atom is -0.494 e. The van der Waals surface area contributed by atoms with Crippen LogP contribution in [0.5, 0.6) is 5.75 Å². The summed E-state index contributed by atoms with van der Waals surface area (Å²) in [5.74, 6) is -0.103. The van der Waals surface area contributed by atoms with Gasteiger partial charge in [0, 0.05) is 7.11 Å². The molecule has 0 aliphatic rings. The number of likely N-dealkylation sites (N-methyl/N-ethyl adjacent to an activating group) is 1. The molecule has 1 N–H and O–H groups in total. The first-order valence-electron chi connectivity index (χ1n) is 6.08. The lowest BCUT2D eigenvalue weighted by atomic mass is 9.87. The van der Waals surface area contributed by atoms with E-state index in [4.69, 9.17) is 9.47 Å². The van der Waals surface area contributed by atoms with Gasteiger partial charge in [-0.25, -0.2) is 4.39 Å². The summed E-state index contributed by atoms with van der Waals surface area (Å²) >= 11 is 0. The van der Waals surface area contributed by atoms with Crippen molar-refractivity contribution in [3.63, 3.8) is 0 Å². The molecule has 4 heteroatoms. The highest BCUT2D eigenvalue weighted by atomic mass is 19.1. The number of ether oxygens (including phenoxy) is 2. The predicted octanol–water partition coefficient (Wildman–Crippen LogP) is 2.91. The van der Waals surface area contributed by atoms with Crippen molar-refractivity contribution in [2.45, 2.75) is 31.9 Å². The molecule has 0 aliphatic carbocycles. The second kappa shape index (κ2) is 6.16. The van der Waals surface area contributed by atoms with Crippen LogP contribution in [0.1, 0.15) is 31.9 Å². The van der Waals surface area contributed by atoms with Crippen LogP contribution in [0.2, 0.25) is 0 Å². The van der Waals surface area contributed by atoms with E-state index in [1.165, 1.54) is 13.2 Å². The highest BCUT2D eigenvalue weighted by Gasteiger charge is 2.33. The summed E-state index contributed by atoms with van der Waals surface area (Å²) in [6, 6.07) is 4.91. The third-order valence-corrected chi connectivity index (χ3v) is 3.58. The van der Waals surface area contributed by atoms with Crippen molar-refractivity contribution in [2.75, 3.05) is 21.3 Å². The smallest absolute Gasteiger partial charge is 0.165 e. The fourth-order valence-corrected chi connectivity index (χ4v) is 2.15. The van der Waals surface area contributed by atoms with Crippen molar-refractivity contribution < 1.29 is 13.9 Å². The molecule has 102 valence electrons. The van der Waals surface area contributed by atoms with Crippen LogP contribution in [-0.2, 0) is 4.74 Å². The van der Waals surface area contributed by atoms with E-state index in [9.17, 15) is 4.39 Å². The number of rotatable bonds is 6. The largest absolute Gasteiger partial charge is 0.494 e. The molecule has 0 bridgehead atoms. The molecule has 1 rings (SSSR count). The second-order valence-corrected chi connectivity index (χ2v) is 4.49. The maximum atomic E-state index is 13.7. The zero-order chi connectivity index (χ0) is 13.8. The molecule has 0 amide bonds. The average Bonchev–Trinajstić information content (AvgIpc) is 2.39. The Kier molecular flexibility index (Phi) is 5.11. The molecule has 0 fully saturated rings. The van der Waals surface area contributed by atoms with Crippen LogP contribution in [-0.4, -0.2) is 26.9 Å². The summed E-state index contributed by atoms with van der Waals surface area (Å²) in [6.07, 6.45) is 0.822. The van der Waals surface area contributed by atoms with E-state index in [1.54, 1.807) is 13.2 Å². The summed E-state index contributed by atoms with van der Waals surface area (Å²) in [5, 5.41) is 3.19. The van der Waals surface area contributed by atoms with Crippen molar-refractivity contribution in [3.05, 3.63) is 29.6 Å². The molecule has 0 radical (unpaired) electrons. The van der Waals surface area contributed by atoms with Crippen LogP contribution in [0, 0.1) is 5.82 Å². The fraction of sp³-hybridized carbons (Fsp3) is 0.571. The van der Waals surface area contributed by atoms with Gasteiger partial charge in [-0.15, -0.1) is 0 Å². The Hall–Kier alpha value is -1.13. The number of nitrogens with one attached hydrogen (secondary N) is 1. The molecule has 18 heavy (non-hydrogen) atoms. The molecule has 0 aliphatic heterocycles. The van der Waals surface area contributed by atoms with Crippen LogP contribution in [0.4, 0.5) is 4.39 Å². The SMILES string of the molecule is CCC(C)(OC)C(NC)c1ccc(OC)c(F)c1. The highest BCUT2D eigenvalue weighted by Crippen LogP contribution is 2.33. The van der Waals surface area contributed by atoms with E-state index in [-0.39, 0.29) is 23.2 Å². The molecule has 0 saturated heterocycles. The van der Waals surface area contributed by atoms with Crippen molar-refractivity contribution in [1.29, 1.82) is 0 Å². The topological polar surface area (TPSA) is 30.5 Å². The number of benzene rings is 1. The lowest BCUT2D eigenvalue weighted by Gasteiger charge is -2.36. The van der Waals surface area contributed by atoms with E-state index >= 15 is 0 Å². The van der Waals surface area contributed by atoms with E-state index in [1.807, 2.05) is 27.0 Å². The van der Waals surface area contributed by atoms with Gasteiger partial charge in [0.15, 0.2) is 11.6 Å². The van der Waals surface area contributed by atoms with Gasteiger partial charge in [0.2, 0.25) is 0 Å². The van der Waals surface area contributed by atoms with E-state index in [0.717, 1.165) is 12.0 Å². The molecule has 2 atom stereocenters. The quantitative estimate of drug-likeness (QED) is 0.847. The Morgan fingerprint density at radius 2 is 2.06 bits per heavy atom. The summed E-state index contributed by atoms with van der Waals surface area (Å²) in [5.41, 5.74) is 0.470. The first-order chi connectivity index (χ1) is 8.52. The molecule has 2 unspecified atom stereocenters. The van der Waals surface area contributed by atoms with Gasteiger partial charge in [-0.2, -0.15) is 0 Å². The van der Waals surface area contributed by atoms with Gasteiger partial charge in [0.1, 0.15) is 0 Å². The molecular weight excluding hydrogens is 233 g/mol. The van der Waals surface area contributed by atoms with Crippen LogP contribution in [0.3, 0.4) is 0 Å². The lowest BCUT2D eigenvalue weighted by Crippen LogP contribution is -2.41. The molecule has 1 aromatic rings. The van der Waals surface area contributed by atoms with Crippen LogP contribution < -0.4 is 10.1 Å². The maximum Gasteiger partial charge on any atom is 0.165 e. The van der Waals surface area contributed by atoms with E-state index in [2.05, 4.69) is 5.32 Å². The van der Waals surface area contributed by atoms with Crippen LogP contribution >= 0.6 is 0 Å². The van der Waals surface area contributed by atoms with Gasteiger partial charge in [-0.1, -0.05) is 13.0 Å². The zero-order valence-electron chi connectivity index (χ0n) is 11.7. The first kappa shape index (κ1) is 14.9. The van der Waals surface area contributed by atoms with Gasteiger partial charge in [0.25, 0.3) is 0 Å². The van der Waals surface area contributed by atoms with E-state index < -0.39 is 0 Å². The Bertz CT molecular complexity index is 391. The fourth-order valence-electron chi connectivity index (χ4n) is 2.15.